The van der Waals surface area contributed by atoms with Gasteiger partial charge in [0, 0.05) is 25.3 Å². The number of hydrogen-bond donors (Lipinski definition) is 2. The number of aryl methyl sites for hydroxylation is 2. The minimum absolute atomic E-state index is 0.0819. The number of amides is 1. The molecule has 0 unspecified atom stereocenters. The van der Waals surface area contributed by atoms with Crippen molar-refractivity contribution in [2.45, 2.75) is 105 Å². The lowest BCUT2D eigenvalue weighted by molar-refractivity contribution is 0.0699. The second-order valence-corrected chi connectivity index (χ2v) is 20.4. The van der Waals surface area contributed by atoms with E-state index in [-0.39, 0.29) is 10.6 Å². The third kappa shape index (κ3) is 10.3. The average molecular weight is 716 g/mol. The molecule has 0 saturated carbocycles. The fourth-order valence-corrected chi connectivity index (χ4v) is 6.35. The minimum Gasteiger partial charge on any atom is -0.541 e. The largest absolute Gasteiger partial charge is 0.541 e. The topological polar surface area (TPSA) is 130 Å². The van der Waals surface area contributed by atoms with Crippen molar-refractivity contribution in [3.05, 3.63) is 34.7 Å². The van der Waals surface area contributed by atoms with Gasteiger partial charge in [-0.3, -0.25) is 0 Å². The summed E-state index contributed by atoms with van der Waals surface area (Å²) >= 11 is 7.05. The summed E-state index contributed by atoms with van der Waals surface area (Å²) in [5.41, 5.74) is 2.31. The van der Waals surface area contributed by atoms with E-state index in [1.807, 2.05) is 52.8 Å². The molecule has 0 atom stereocenters. The number of unbranched alkanes of at least 4 members (excludes halogenated alkanes) is 1. The van der Waals surface area contributed by atoms with Gasteiger partial charge in [0.15, 0.2) is 17.3 Å². The first-order valence-electron chi connectivity index (χ1n) is 17.2. The van der Waals surface area contributed by atoms with E-state index >= 15 is 0 Å². The molecule has 1 fully saturated rings. The normalized spacial score (nSPS) is 14.4. The number of carbonyl (C=O) groups is 1. The molecular formula is C36H54ClN5O6Si. The van der Waals surface area contributed by atoms with Gasteiger partial charge in [0.2, 0.25) is 0 Å². The summed E-state index contributed by atoms with van der Waals surface area (Å²) in [4.78, 5) is 22.1. The molecule has 11 nitrogen and oxygen atoms in total. The van der Waals surface area contributed by atoms with E-state index in [1.54, 1.807) is 0 Å². The summed E-state index contributed by atoms with van der Waals surface area (Å²) in [6.45, 7) is 23.4. The van der Waals surface area contributed by atoms with Crippen molar-refractivity contribution in [2.24, 2.45) is 5.92 Å². The Morgan fingerprint density at radius 2 is 1.73 bits per heavy atom. The van der Waals surface area contributed by atoms with E-state index in [1.165, 1.54) is 0 Å². The maximum atomic E-state index is 12.0. The highest BCUT2D eigenvalue weighted by Crippen LogP contribution is 2.45. The molecule has 2 aromatic heterocycles. The minimum atomic E-state index is -2.36. The summed E-state index contributed by atoms with van der Waals surface area (Å²) in [7, 11) is -2.36. The molecule has 0 aliphatic carbocycles. The Morgan fingerprint density at radius 3 is 2.37 bits per heavy atom. The second kappa shape index (κ2) is 16.1. The van der Waals surface area contributed by atoms with E-state index in [0.29, 0.717) is 89.4 Å². The molecule has 1 saturated heterocycles. The number of hydrogen-bond acceptors (Lipinski definition) is 10. The summed E-state index contributed by atoms with van der Waals surface area (Å²) in [6, 6.07) is 5.79. The number of carbonyl (C=O) groups excluding carboxylic acids is 1. The number of nitrogens with zero attached hydrogens (tertiary/aromatic N) is 3. The number of aromatic nitrogens is 3. The fraction of sp³-hybridized carbons (Fsp3) is 0.611. The predicted molar refractivity (Wildman–Crippen MR) is 196 cm³/mol. The Hall–Kier alpha value is -3.35. The maximum Gasteiger partial charge on any atom is 0.407 e. The van der Waals surface area contributed by atoms with Gasteiger partial charge < -0.3 is 33.8 Å². The molecule has 3 aromatic rings. The third-order valence-corrected chi connectivity index (χ3v) is 13.6. The summed E-state index contributed by atoms with van der Waals surface area (Å²) in [5.74, 6) is 3.24. The molecule has 2 N–H and O–H groups in total. The molecule has 1 aliphatic heterocycles. The van der Waals surface area contributed by atoms with Crippen LogP contribution in [-0.2, 0) is 9.47 Å². The molecule has 0 radical (unpaired) electrons. The lowest BCUT2D eigenvalue weighted by atomic mass is 10.0. The molecule has 0 bridgehead atoms. The number of benzene rings is 1. The number of ether oxygens (including phenoxy) is 3. The number of anilines is 1. The molecule has 270 valence electrons. The zero-order chi connectivity index (χ0) is 36.0. The number of alkyl carbamates (subject to hydrolysis) is 1. The van der Waals surface area contributed by atoms with Crippen LogP contribution in [0.3, 0.4) is 0 Å². The van der Waals surface area contributed by atoms with Gasteiger partial charge in [0.05, 0.1) is 30.0 Å². The van der Waals surface area contributed by atoms with Gasteiger partial charge in [-0.25, -0.2) is 14.8 Å². The quantitative estimate of drug-likeness (QED) is 0.131. The van der Waals surface area contributed by atoms with Gasteiger partial charge in [-0.15, -0.1) is 0 Å². The molecule has 1 aliphatic rings. The number of rotatable bonds is 13. The highest BCUT2D eigenvalue weighted by molar-refractivity contribution is 6.74. The standard InChI is InChI=1S/C36H54ClN5O6Si/c1-23-28(24(2)47-42-23)30-29(37)33(38-22-25-16-20-44-21-17-25)40-32(39-30)26-14-13-15-27(31(26)48-49(9,10)36(6,7)8)45-18-11-12-19-46-34(43)41-35(3,4)5/h13-15,25H,11-12,16-22H2,1-10H3,(H,41,43)(H,38,39,40). The van der Waals surface area contributed by atoms with Crippen LogP contribution >= 0.6 is 11.6 Å². The monoisotopic (exact) mass is 715 g/mol. The van der Waals surface area contributed by atoms with Crippen molar-refractivity contribution in [3.8, 4) is 34.1 Å². The van der Waals surface area contributed by atoms with Gasteiger partial charge >= 0.3 is 6.09 Å². The zero-order valence-corrected chi connectivity index (χ0v) is 32.6. The van der Waals surface area contributed by atoms with Crippen LogP contribution in [0.5, 0.6) is 11.5 Å². The van der Waals surface area contributed by atoms with Gasteiger partial charge in [0.25, 0.3) is 8.32 Å². The lowest BCUT2D eigenvalue weighted by Gasteiger charge is -2.37. The Bertz CT molecular complexity index is 1560. The SMILES string of the molecule is Cc1noc(C)c1-c1nc(-c2cccc(OCCCCOC(=O)NC(C)(C)C)c2O[Si](C)(C)C(C)(C)C)nc(NCC2CCOCC2)c1Cl. The van der Waals surface area contributed by atoms with Crippen LogP contribution in [0.25, 0.3) is 22.6 Å². The summed E-state index contributed by atoms with van der Waals surface area (Å²) in [6.07, 6.45) is 2.85. The Labute approximate surface area is 297 Å². The Morgan fingerprint density at radius 1 is 1.04 bits per heavy atom. The Kier molecular flexibility index (Phi) is 12.6. The van der Waals surface area contributed by atoms with E-state index in [2.05, 4.69) is 49.7 Å². The number of para-hydroxylation sites is 1. The van der Waals surface area contributed by atoms with Crippen molar-refractivity contribution in [1.82, 2.24) is 20.4 Å². The van der Waals surface area contributed by atoms with E-state index in [4.69, 9.17) is 44.7 Å². The van der Waals surface area contributed by atoms with E-state index in [9.17, 15) is 4.79 Å². The molecule has 1 aromatic carbocycles. The molecule has 1 amide bonds. The van der Waals surface area contributed by atoms with Crippen LogP contribution in [0.15, 0.2) is 22.7 Å². The number of halogens is 1. The van der Waals surface area contributed by atoms with E-state index in [0.717, 1.165) is 31.6 Å². The molecule has 3 heterocycles. The molecule has 49 heavy (non-hydrogen) atoms. The number of nitrogens with one attached hydrogen (secondary N) is 2. The van der Waals surface area contributed by atoms with Crippen LogP contribution in [0, 0.1) is 19.8 Å². The maximum absolute atomic E-state index is 12.0. The fourth-order valence-electron chi connectivity index (χ4n) is 5.08. The zero-order valence-electron chi connectivity index (χ0n) is 30.8. The van der Waals surface area contributed by atoms with E-state index < -0.39 is 14.4 Å². The van der Waals surface area contributed by atoms with Crippen molar-refractivity contribution < 1.29 is 28.0 Å². The third-order valence-electron chi connectivity index (χ3n) is 8.91. The van der Waals surface area contributed by atoms with Crippen molar-refractivity contribution in [2.75, 3.05) is 38.3 Å². The van der Waals surface area contributed by atoms with Gasteiger partial charge in [-0.05, 0) is 96.5 Å². The summed E-state index contributed by atoms with van der Waals surface area (Å²) in [5, 5.41) is 10.8. The average Bonchev–Trinajstić information content (AvgIpc) is 3.35. The second-order valence-electron chi connectivity index (χ2n) is 15.3. The Balaban J connectivity index is 1.69. The van der Waals surface area contributed by atoms with Gasteiger partial charge in [-0.2, -0.15) is 0 Å². The van der Waals surface area contributed by atoms with Crippen LogP contribution in [0.1, 0.15) is 78.7 Å². The van der Waals surface area contributed by atoms with Gasteiger partial charge in [-0.1, -0.05) is 43.6 Å². The van der Waals surface area contributed by atoms with Crippen LogP contribution in [-0.4, -0.2) is 68.0 Å². The van der Waals surface area contributed by atoms with Crippen LogP contribution in [0.4, 0.5) is 10.6 Å². The van der Waals surface area contributed by atoms with Crippen molar-refractivity contribution >= 4 is 31.8 Å². The smallest absolute Gasteiger partial charge is 0.407 e. The van der Waals surface area contributed by atoms with Gasteiger partial charge in [0.1, 0.15) is 22.3 Å². The molecular weight excluding hydrogens is 662 g/mol. The lowest BCUT2D eigenvalue weighted by Crippen LogP contribution is -2.44. The summed E-state index contributed by atoms with van der Waals surface area (Å²) < 4.78 is 29.8. The first-order valence-corrected chi connectivity index (χ1v) is 20.5. The molecule has 0 spiro atoms. The van der Waals surface area contributed by atoms with Crippen molar-refractivity contribution in [3.63, 3.8) is 0 Å². The predicted octanol–water partition coefficient (Wildman–Crippen LogP) is 8.98. The first-order chi connectivity index (χ1) is 23.0. The van der Waals surface area contributed by atoms with Crippen molar-refractivity contribution in [1.29, 1.82) is 0 Å². The molecule has 4 rings (SSSR count). The highest BCUT2D eigenvalue weighted by atomic mass is 35.5. The van der Waals surface area contributed by atoms with Crippen LogP contribution in [0.2, 0.25) is 23.2 Å². The van der Waals surface area contributed by atoms with Crippen LogP contribution < -0.4 is 19.8 Å². The highest BCUT2D eigenvalue weighted by Gasteiger charge is 2.40. The molecule has 13 heteroatoms. The first kappa shape index (κ1) is 38.4.